The molecule has 0 bridgehead atoms. The molecular weight excluding hydrogens is 392 g/mol. The standard InChI is InChI=1S/C29H38N2O/c1-23-19-27-13-17-31(22-28(27)20-24(23)2)16-8-15-30(3)14-6-7-18-32-29-12-11-25-9-4-5-10-26(25)21-29/h4-5,9-12,19-21H,6-8,13-18,22H2,1-3H3. The van der Waals surface area contributed by atoms with Crippen molar-refractivity contribution in [3.63, 3.8) is 0 Å². The summed E-state index contributed by atoms with van der Waals surface area (Å²) in [4.78, 5) is 5.10. The zero-order valence-corrected chi connectivity index (χ0v) is 20.1. The predicted molar refractivity (Wildman–Crippen MR) is 136 cm³/mol. The molecular formula is C29H38N2O. The van der Waals surface area contributed by atoms with Crippen LogP contribution in [0.1, 0.15) is 41.5 Å². The molecule has 3 heteroatoms. The van der Waals surface area contributed by atoms with E-state index in [-0.39, 0.29) is 0 Å². The number of ether oxygens (including phenoxy) is 1. The number of nitrogens with zero attached hydrogens (tertiary/aromatic N) is 2. The Morgan fingerprint density at radius 2 is 1.59 bits per heavy atom. The molecule has 0 saturated carbocycles. The van der Waals surface area contributed by atoms with Crippen LogP contribution in [0.25, 0.3) is 10.8 Å². The third kappa shape index (κ3) is 6.11. The first kappa shape index (κ1) is 22.8. The second kappa shape index (κ2) is 11.0. The largest absolute Gasteiger partial charge is 0.494 e. The smallest absolute Gasteiger partial charge is 0.119 e. The first-order valence-electron chi connectivity index (χ1n) is 12.2. The van der Waals surface area contributed by atoms with E-state index in [1.54, 1.807) is 11.1 Å². The molecule has 0 aliphatic carbocycles. The molecule has 0 saturated heterocycles. The summed E-state index contributed by atoms with van der Waals surface area (Å²) in [5.74, 6) is 0.977. The van der Waals surface area contributed by atoms with Crippen molar-refractivity contribution >= 4 is 10.8 Å². The summed E-state index contributed by atoms with van der Waals surface area (Å²) in [5, 5.41) is 2.51. The molecule has 3 aromatic rings. The Kier molecular flexibility index (Phi) is 7.83. The van der Waals surface area contributed by atoms with Crippen molar-refractivity contribution in [2.75, 3.05) is 39.8 Å². The minimum atomic E-state index is 0.790. The maximum absolute atomic E-state index is 5.98. The molecule has 1 heterocycles. The van der Waals surface area contributed by atoms with Gasteiger partial charge >= 0.3 is 0 Å². The van der Waals surface area contributed by atoms with Gasteiger partial charge in [-0.1, -0.05) is 42.5 Å². The average molecular weight is 431 g/mol. The van der Waals surface area contributed by atoms with Gasteiger partial charge in [0, 0.05) is 13.1 Å². The highest BCUT2D eigenvalue weighted by Gasteiger charge is 2.16. The van der Waals surface area contributed by atoms with E-state index in [0.717, 1.165) is 31.9 Å². The highest BCUT2D eigenvalue weighted by atomic mass is 16.5. The van der Waals surface area contributed by atoms with Gasteiger partial charge in [-0.2, -0.15) is 0 Å². The fourth-order valence-electron chi connectivity index (χ4n) is 4.71. The lowest BCUT2D eigenvalue weighted by molar-refractivity contribution is 0.226. The number of benzene rings is 3. The maximum atomic E-state index is 5.98. The number of hydrogen-bond donors (Lipinski definition) is 0. The van der Waals surface area contributed by atoms with E-state index in [1.165, 1.54) is 60.8 Å². The molecule has 3 nitrogen and oxygen atoms in total. The monoisotopic (exact) mass is 430 g/mol. The third-order valence-electron chi connectivity index (χ3n) is 6.85. The maximum Gasteiger partial charge on any atom is 0.119 e. The Hall–Kier alpha value is -2.36. The van der Waals surface area contributed by atoms with Crippen molar-refractivity contribution in [1.82, 2.24) is 9.80 Å². The second-order valence-corrected chi connectivity index (χ2v) is 9.45. The van der Waals surface area contributed by atoms with Crippen molar-refractivity contribution < 1.29 is 4.74 Å². The second-order valence-electron chi connectivity index (χ2n) is 9.45. The topological polar surface area (TPSA) is 15.7 Å². The van der Waals surface area contributed by atoms with Gasteiger partial charge in [0.15, 0.2) is 0 Å². The molecule has 0 aromatic heterocycles. The highest BCUT2D eigenvalue weighted by Crippen LogP contribution is 2.23. The van der Waals surface area contributed by atoms with Crippen molar-refractivity contribution in [2.24, 2.45) is 0 Å². The summed E-state index contributed by atoms with van der Waals surface area (Å²) >= 11 is 0. The van der Waals surface area contributed by atoms with E-state index in [2.05, 4.69) is 85.3 Å². The van der Waals surface area contributed by atoms with Gasteiger partial charge < -0.3 is 9.64 Å². The van der Waals surface area contributed by atoms with Gasteiger partial charge in [-0.15, -0.1) is 0 Å². The lowest BCUT2D eigenvalue weighted by Crippen LogP contribution is -2.33. The van der Waals surface area contributed by atoms with E-state index in [9.17, 15) is 0 Å². The van der Waals surface area contributed by atoms with Gasteiger partial charge in [-0.05, 0) is 111 Å². The molecule has 0 unspecified atom stereocenters. The van der Waals surface area contributed by atoms with E-state index in [0.29, 0.717) is 0 Å². The summed E-state index contributed by atoms with van der Waals surface area (Å²) in [5.41, 5.74) is 5.96. The van der Waals surface area contributed by atoms with Crippen LogP contribution in [-0.4, -0.2) is 49.6 Å². The van der Waals surface area contributed by atoms with Crippen LogP contribution in [0.2, 0.25) is 0 Å². The Bertz CT molecular complexity index is 1030. The minimum absolute atomic E-state index is 0.790. The number of aryl methyl sites for hydroxylation is 2. The molecule has 0 amide bonds. The SMILES string of the molecule is Cc1cc2c(cc1C)CN(CCCN(C)CCCCOc1ccc3ccccc3c1)CC2. The summed E-state index contributed by atoms with van der Waals surface area (Å²) in [6, 6.07) is 19.6. The minimum Gasteiger partial charge on any atom is -0.494 e. The van der Waals surface area contributed by atoms with Gasteiger partial charge in [0.05, 0.1) is 6.61 Å². The van der Waals surface area contributed by atoms with Crippen LogP contribution in [0.4, 0.5) is 0 Å². The number of rotatable bonds is 10. The zero-order valence-electron chi connectivity index (χ0n) is 20.1. The van der Waals surface area contributed by atoms with Gasteiger partial charge in [-0.3, -0.25) is 4.90 Å². The van der Waals surface area contributed by atoms with Crippen molar-refractivity contribution in [2.45, 2.75) is 46.1 Å². The molecule has 0 N–H and O–H groups in total. The summed E-state index contributed by atoms with van der Waals surface area (Å²) < 4.78 is 5.98. The molecule has 0 spiro atoms. The van der Waals surface area contributed by atoms with Gasteiger partial charge in [0.2, 0.25) is 0 Å². The molecule has 0 radical (unpaired) electrons. The number of fused-ring (bicyclic) bond motifs is 2. The van der Waals surface area contributed by atoms with Crippen molar-refractivity contribution in [3.8, 4) is 5.75 Å². The Morgan fingerprint density at radius 1 is 0.844 bits per heavy atom. The highest BCUT2D eigenvalue weighted by molar-refractivity contribution is 5.83. The van der Waals surface area contributed by atoms with Gasteiger partial charge in [-0.25, -0.2) is 0 Å². The summed E-state index contributed by atoms with van der Waals surface area (Å²) in [6.07, 6.45) is 4.71. The lowest BCUT2D eigenvalue weighted by Gasteiger charge is -2.30. The molecule has 4 rings (SSSR count). The fraction of sp³-hybridized carbons (Fsp3) is 0.448. The summed E-state index contributed by atoms with van der Waals surface area (Å²) in [7, 11) is 2.25. The normalized spacial score (nSPS) is 14.1. The van der Waals surface area contributed by atoms with Gasteiger partial charge in [0.25, 0.3) is 0 Å². The average Bonchev–Trinajstić information content (AvgIpc) is 2.79. The Balaban J connectivity index is 1.09. The summed E-state index contributed by atoms with van der Waals surface area (Å²) in [6.45, 7) is 11.1. The Morgan fingerprint density at radius 3 is 2.44 bits per heavy atom. The molecule has 0 atom stereocenters. The van der Waals surface area contributed by atoms with E-state index < -0.39 is 0 Å². The molecule has 1 aliphatic heterocycles. The van der Waals surface area contributed by atoms with E-state index >= 15 is 0 Å². The molecule has 32 heavy (non-hydrogen) atoms. The quantitative estimate of drug-likeness (QED) is 0.367. The van der Waals surface area contributed by atoms with E-state index in [4.69, 9.17) is 4.74 Å². The van der Waals surface area contributed by atoms with Crippen LogP contribution < -0.4 is 4.74 Å². The molecule has 3 aromatic carbocycles. The van der Waals surface area contributed by atoms with Crippen LogP contribution >= 0.6 is 0 Å². The first-order chi connectivity index (χ1) is 15.6. The van der Waals surface area contributed by atoms with E-state index in [1.807, 2.05) is 0 Å². The Labute approximate surface area is 194 Å². The third-order valence-corrected chi connectivity index (χ3v) is 6.85. The van der Waals surface area contributed by atoms with Crippen LogP contribution in [0.15, 0.2) is 54.6 Å². The fourth-order valence-corrected chi connectivity index (χ4v) is 4.71. The predicted octanol–water partition coefficient (Wildman–Crippen LogP) is 6.00. The van der Waals surface area contributed by atoms with Crippen LogP contribution in [0.3, 0.4) is 0 Å². The number of unbranched alkanes of at least 4 members (excludes halogenated alkanes) is 1. The first-order valence-corrected chi connectivity index (χ1v) is 12.2. The lowest BCUT2D eigenvalue weighted by atomic mass is 9.94. The molecule has 0 fully saturated rings. The molecule has 1 aliphatic rings. The van der Waals surface area contributed by atoms with Crippen LogP contribution in [0, 0.1) is 13.8 Å². The van der Waals surface area contributed by atoms with Gasteiger partial charge in [0.1, 0.15) is 5.75 Å². The van der Waals surface area contributed by atoms with Crippen molar-refractivity contribution in [1.29, 1.82) is 0 Å². The van der Waals surface area contributed by atoms with Crippen LogP contribution in [0.5, 0.6) is 5.75 Å². The van der Waals surface area contributed by atoms with Crippen molar-refractivity contribution in [3.05, 3.63) is 76.9 Å². The zero-order chi connectivity index (χ0) is 22.3. The van der Waals surface area contributed by atoms with Crippen LogP contribution in [-0.2, 0) is 13.0 Å². The number of hydrogen-bond acceptors (Lipinski definition) is 3. The molecule has 170 valence electrons.